The summed E-state index contributed by atoms with van der Waals surface area (Å²) < 4.78 is 33.0. The van der Waals surface area contributed by atoms with Crippen LogP contribution in [-0.2, 0) is 16.4 Å². The fraction of sp³-hybridized carbons (Fsp3) is 0.235. The van der Waals surface area contributed by atoms with E-state index in [0.29, 0.717) is 39.1 Å². The number of aromatic nitrogens is 2. The zero-order valence-electron chi connectivity index (χ0n) is 14.4. The van der Waals surface area contributed by atoms with Gasteiger partial charge in [-0.2, -0.15) is 4.98 Å². The van der Waals surface area contributed by atoms with E-state index in [0.717, 1.165) is 0 Å². The molecule has 1 N–H and O–H groups in total. The van der Waals surface area contributed by atoms with Gasteiger partial charge in [0.05, 0.1) is 4.88 Å². The summed E-state index contributed by atoms with van der Waals surface area (Å²) in [4.78, 5) is 17.0. The number of hydrogen-bond acceptors (Lipinski definition) is 7. The Morgan fingerprint density at radius 2 is 1.96 bits per heavy atom. The first-order valence-electron chi connectivity index (χ1n) is 7.87. The van der Waals surface area contributed by atoms with E-state index in [2.05, 4.69) is 14.9 Å². The Kier molecular flexibility index (Phi) is 4.92. The van der Waals surface area contributed by atoms with E-state index in [1.807, 2.05) is 6.92 Å². The highest BCUT2D eigenvalue weighted by atomic mass is 32.2. The van der Waals surface area contributed by atoms with Crippen molar-refractivity contribution >= 4 is 32.8 Å². The predicted molar refractivity (Wildman–Crippen MR) is 99.0 cm³/mol. The third-order valence-corrected chi connectivity index (χ3v) is 6.38. The summed E-state index contributed by atoms with van der Waals surface area (Å²) in [5, 5.41) is 3.88. The molecule has 0 atom stereocenters. The molecule has 2 aromatic heterocycles. The van der Waals surface area contributed by atoms with E-state index in [9.17, 15) is 13.2 Å². The van der Waals surface area contributed by atoms with Crippen molar-refractivity contribution in [2.24, 2.45) is 0 Å². The van der Waals surface area contributed by atoms with Crippen LogP contribution in [0.3, 0.4) is 0 Å². The van der Waals surface area contributed by atoms with E-state index in [1.54, 1.807) is 31.2 Å². The second-order valence-corrected chi connectivity index (χ2v) is 8.54. The number of Topliss-reactive ketones (excluding diaryl/α,β-unsaturated/α-hetero) is 1. The molecule has 0 aliphatic rings. The normalized spacial score (nSPS) is 11.5. The summed E-state index contributed by atoms with van der Waals surface area (Å²) in [7, 11) is -3.77. The molecule has 26 heavy (non-hydrogen) atoms. The molecule has 0 saturated heterocycles. The van der Waals surface area contributed by atoms with Crippen LogP contribution in [0.2, 0.25) is 0 Å². The summed E-state index contributed by atoms with van der Waals surface area (Å²) in [6.45, 7) is 5.08. The molecule has 1 aromatic carbocycles. The maximum Gasteiger partial charge on any atom is 0.263 e. The molecule has 0 bridgehead atoms. The van der Waals surface area contributed by atoms with Crippen LogP contribution in [0.5, 0.6) is 0 Å². The number of nitrogens with one attached hydrogen (secondary N) is 1. The topological polar surface area (TPSA) is 102 Å². The Morgan fingerprint density at radius 3 is 2.54 bits per heavy atom. The summed E-state index contributed by atoms with van der Waals surface area (Å²) in [6, 6.07) is 7.82. The van der Waals surface area contributed by atoms with Gasteiger partial charge in [-0.15, -0.1) is 11.3 Å². The first-order valence-corrected chi connectivity index (χ1v) is 10.2. The Balaban J connectivity index is 1.88. The van der Waals surface area contributed by atoms with Crippen LogP contribution in [0.1, 0.15) is 35.0 Å². The van der Waals surface area contributed by atoms with Crippen LogP contribution in [-0.4, -0.2) is 24.3 Å². The molecule has 0 radical (unpaired) electrons. The van der Waals surface area contributed by atoms with Crippen LogP contribution in [0.15, 0.2) is 39.8 Å². The van der Waals surface area contributed by atoms with Crippen LogP contribution in [0.4, 0.5) is 5.69 Å². The zero-order valence-corrected chi connectivity index (χ0v) is 16.1. The van der Waals surface area contributed by atoms with Gasteiger partial charge in [0, 0.05) is 22.5 Å². The zero-order chi connectivity index (χ0) is 18.9. The number of carbonyl (C=O) groups excluding carboxylic acids is 1. The Labute approximate surface area is 155 Å². The van der Waals surface area contributed by atoms with Crippen molar-refractivity contribution < 1.29 is 17.7 Å². The van der Waals surface area contributed by atoms with Crippen LogP contribution in [0.25, 0.3) is 10.7 Å². The minimum absolute atomic E-state index is 0.0794. The van der Waals surface area contributed by atoms with Crippen molar-refractivity contribution in [1.82, 2.24) is 10.1 Å². The van der Waals surface area contributed by atoms with Crippen molar-refractivity contribution in [3.05, 3.63) is 46.7 Å². The first kappa shape index (κ1) is 18.3. The Bertz CT molecular complexity index is 1050. The highest BCUT2D eigenvalue weighted by molar-refractivity contribution is 7.93. The smallest absolute Gasteiger partial charge is 0.263 e. The molecule has 2 heterocycles. The van der Waals surface area contributed by atoms with Crippen molar-refractivity contribution in [2.75, 3.05) is 4.72 Å². The van der Waals surface area contributed by atoms with E-state index < -0.39 is 10.0 Å². The van der Waals surface area contributed by atoms with Crippen molar-refractivity contribution in [2.45, 2.75) is 32.1 Å². The Morgan fingerprint density at radius 1 is 1.27 bits per heavy atom. The number of sulfonamides is 1. The maximum absolute atomic E-state index is 12.7. The second-order valence-electron chi connectivity index (χ2n) is 5.64. The van der Waals surface area contributed by atoms with Crippen molar-refractivity contribution in [1.29, 1.82) is 0 Å². The summed E-state index contributed by atoms with van der Waals surface area (Å²) in [5.74, 6) is 0.797. The number of nitrogens with zero attached hydrogens (tertiary/aromatic N) is 2. The van der Waals surface area contributed by atoms with Crippen LogP contribution < -0.4 is 4.72 Å². The van der Waals surface area contributed by atoms with Gasteiger partial charge in [-0.1, -0.05) is 12.1 Å². The average molecular weight is 391 g/mol. The van der Waals surface area contributed by atoms with Gasteiger partial charge < -0.3 is 4.52 Å². The molecular formula is C17H17N3O4S2. The number of aryl methyl sites for hydroxylation is 2. The van der Waals surface area contributed by atoms with Gasteiger partial charge in [-0.05, 0) is 44.2 Å². The second kappa shape index (κ2) is 7.00. The molecule has 0 aliphatic heterocycles. The minimum Gasteiger partial charge on any atom is -0.339 e. The molecule has 3 aromatic rings. The fourth-order valence-electron chi connectivity index (χ4n) is 2.32. The number of benzene rings is 1. The lowest BCUT2D eigenvalue weighted by molar-refractivity contribution is 0.101. The highest BCUT2D eigenvalue weighted by Crippen LogP contribution is 2.33. The summed E-state index contributed by atoms with van der Waals surface area (Å²) in [5.41, 5.74) is 0.903. The average Bonchev–Trinajstić information content (AvgIpc) is 3.21. The third kappa shape index (κ3) is 3.68. The number of thiophene rings is 1. The number of ketones is 1. The number of anilines is 1. The number of hydrogen-bond donors (Lipinski definition) is 1. The molecular weight excluding hydrogens is 374 g/mol. The minimum atomic E-state index is -3.77. The molecule has 136 valence electrons. The quantitative estimate of drug-likeness (QED) is 0.643. The Hall–Kier alpha value is -2.52. The first-order chi connectivity index (χ1) is 12.3. The number of carbonyl (C=O) groups is 1. The van der Waals surface area contributed by atoms with Gasteiger partial charge in [0.2, 0.25) is 11.7 Å². The summed E-state index contributed by atoms with van der Waals surface area (Å²) >= 11 is 1.29. The SMILES string of the molecule is CCc1nc(-c2cc(S(=O)(=O)Nc3ccc(C(C)=O)cc3)c(C)s2)no1. The van der Waals surface area contributed by atoms with Crippen LogP contribution in [0, 0.1) is 6.92 Å². The van der Waals surface area contributed by atoms with Crippen molar-refractivity contribution in [3.63, 3.8) is 0 Å². The van der Waals surface area contributed by atoms with Gasteiger partial charge in [0.1, 0.15) is 4.90 Å². The molecule has 0 unspecified atom stereocenters. The lowest BCUT2D eigenvalue weighted by atomic mass is 10.1. The molecule has 0 fully saturated rings. The van der Waals surface area contributed by atoms with E-state index >= 15 is 0 Å². The van der Waals surface area contributed by atoms with Crippen molar-refractivity contribution in [3.8, 4) is 10.7 Å². The largest absolute Gasteiger partial charge is 0.339 e. The molecule has 0 spiro atoms. The van der Waals surface area contributed by atoms with Gasteiger partial charge in [-0.3, -0.25) is 9.52 Å². The van der Waals surface area contributed by atoms with E-state index in [1.165, 1.54) is 24.3 Å². The molecule has 0 amide bonds. The molecule has 0 saturated carbocycles. The lowest BCUT2D eigenvalue weighted by Crippen LogP contribution is -2.13. The standard InChI is InChI=1S/C17H17N3O4S2/c1-4-16-18-17(19-24-16)14-9-15(11(3)25-14)26(22,23)20-13-7-5-12(6-8-13)10(2)21/h5-9,20H,4H2,1-3H3. The highest BCUT2D eigenvalue weighted by Gasteiger charge is 2.22. The summed E-state index contributed by atoms with van der Waals surface area (Å²) in [6.07, 6.45) is 0.611. The van der Waals surface area contributed by atoms with Gasteiger partial charge in [0.15, 0.2) is 5.78 Å². The predicted octanol–water partition coefficient (Wildman–Crippen LogP) is 3.67. The molecule has 3 rings (SSSR count). The third-order valence-electron chi connectivity index (χ3n) is 3.70. The lowest BCUT2D eigenvalue weighted by Gasteiger charge is -2.08. The van der Waals surface area contributed by atoms with E-state index in [-0.39, 0.29) is 10.7 Å². The fourth-order valence-corrected chi connectivity index (χ4v) is 4.90. The van der Waals surface area contributed by atoms with Gasteiger partial charge in [-0.25, -0.2) is 8.42 Å². The van der Waals surface area contributed by atoms with E-state index in [4.69, 9.17) is 4.52 Å². The molecule has 9 heteroatoms. The maximum atomic E-state index is 12.7. The van der Waals surface area contributed by atoms with Gasteiger partial charge in [0.25, 0.3) is 10.0 Å². The molecule has 7 nitrogen and oxygen atoms in total. The van der Waals surface area contributed by atoms with Crippen LogP contribution >= 0.6 is 11.3 Å². The molecule has 0 aliphatic carbocycles. The monoisotopic (exact) mass is 391 g/mol. The number of rotatable bonds is 6. The van der Waals surface area contributed by atoms with Gasteiger partial charge >= 0.3 is 0 Å².